The van der Waals surface area contributed by atoms with E-state index in [-0.39, 0.29) is 0 Å². The predicted octanol–water partition coefficient (Wildman–Crippen LogP) is 3.92. The van der Waals surface area contributed by atoms with Crippen LogP contribution < -0.4 is 14.8 Å². The van der Waals surface area contributed by atoms with E-state index in [2.05, 4.69) is 21.1 Å². The minimum Gasteiger partial charge on any atom is -0.423 e. The molecule has 5 nitrogen and oxygen atoms in total. The molecule has 0 radical (unpaired) electrons. The average molecular weight is 364 g/mol. The molecule has 0 unspecified atom stereocenters. The first kappa shape index (κ1) is 18.6. The Morgan fingerprint density at radius 2 is 1.74 bits per heavy atom. The van der Waals surface area contributed by atoms with E-state index in [0.29, 0.717) is 11.3 Å². The molecule has 0 saturated carbocycles. The van der Waals surface area contributed by atoms with E-state index in [0.717, 1.165) is 21.0 Å². The molecule has 27 heavy (non-hydrogen) atoms. The molecular weight excluding hydrogens is 342 g/mol. The van der Waals surface area contributed by atoms with E-state index >= 15 is 0 Å². The lowest BCUT2D eigenvalue weighted by molar-refractivity contribution is -0.128. The fraction of sp³-hybridized carbons (Fsp3) is 0.182. The molecule has 138 valence electrons. The van der Waals surface area contributed by atoms with Gasteiger partial charge in [0.1, 0.15) is 17.0 Å². The molecule has 5 heteroatoms. The fourth-order valence-corrected chi connectivity index (χ4v) is 2.72. The first-order valence-electron chi connectivity index (χ1n) is 8.59. The molecule has 3 rings (SSSR count). The van der Waals surface area contributed by atoms with Gasteiger partial charge in [-0.05, 0) is 60.5 Å². The summed E-state index contributed by atoms with van der Waals surface area (Å²) in [6, 6.07) is 14.4. The van der Waals surface area contributed by atoms with E-state index in [9.17, 15) is 9.59 Å². The van der Waals surface area contributed by atoms with Crippen molar-refractivity contribution in [3.63, 3.8) is 0 Å². The summed E-state index contributed by atoms with van der Waals surface area (Å²) in [6.07, 6.45) is 3.07. The van der Waals surface area contributed by atoms with Crippen molar-refractivity contribution >= 4 is 28.7 Å². The number of benzene rings is 2. The first-order valence-corrected chi connectivity index (χ1v) is 8.59. The van der Waals surface area contributed by atoms with Crippen LogP contribution in [0.5, 0.6) is 5.75 Å². The predicted molar refractivity (Wildman–Crippen MR) is 108 cm³/mol. The average Bonchev–Trinajstić information content (AvgIpc) is 2.59. The van der Waals surface area contributed by atoms with Crippen LogP contribution >= 0.6 is 0 Å². The number of carbonyl (C=O) groups is 1. The summed E-state index contributed by atoms with van der Waals surface area (Å²) in [5, 5.41) is 0.808. The van der Waals surface area contributed by atoms with Crippen LogP contribution in [0.3, 0.4) is 0 Å². The Hall–Kier alpha value is -3.18. The van der Waals surface area contributed by atoms with Gasteiger partial charge in [-0.1, -0.05) is 0 Å². The molecule has 2 aromatic carbocycles. The minimum atomic E-state index is -0.500. The molecule has 0 bridgehead atoms. The highest BCUT2D eigenvalue weighted by Crippen LogP contribution is 2.22. The standard InChI is InChI=1S/C22H22NO4/c1-15-13-22(25)27-20-14-18(10-11-19(15)20)26-21(24)12-7-16-5-8-17(9-6-16)23(2,3)4/h5-14H,1-4H3/q+1. The minimum absolute atomic E-state index is 0.325. The molecule has 1 heterocycles. The molecule has 0 spiro atoms. The second-order valence-corrected chi connectivity index (χ2v) is 7.26. The van der Waals surface area contributed by atoms with Crippen molar-refractivity contribution in [1.29, 1.82) is 0 Å². The van der Waals surface area contributed by atoms with Crippen LogP contribution in [-0.4, -0.2) is 27.1 Å². The Balaban J connectivity index is 1.73. The number of aryl methyl sites for hydroxylation is 1. The summed E-state index contributed by atoms with van der Waals surface area (Å²) in [5.41, 5.74) is 2.86. The third kappa shape index (κ3) is 4.51. The lowest BCUT2D eigenvalue weighted by Gasteiger charge is -2.23. The Bertz CT molecular complexity index is 1070. The summed E-state index contributed by atoms with van der Waals surface area (Å²) in [4.78, 5) is 23.6. The maximum Gasteiger partial charge on any atom is 0.336 e. The molecule has 0 aliphatic rings. The summed E-state index contributed by atoms with van der Waals surface area (Å²) < 4.78 is 11.2. The largest absolute Gasteiger partial charge is 0.423 e. The first-order chi connectivity index (χ1) is 12.7. The van der Waals surface area contributed by atoms with Gasteiger partial charge in [0.25, 0.3) is 0 Å². The van der Waals surface area contributed by atoms with Crippen molar-refractivity contribution < 1.29 is 13.9 Å². The Morgan fingerprint density at radius 3 is 2.41 bits per heavy atom. The SMILES string of the molecule is Cc1cc(=O)oc2cc(OC(=O)C=Cc3ccc([N+](C)(C)C)cc3)ccc12. The summed E-state index contributed by atoms with van der Waals surface area (Å²) in [6.45, 7) is 1.83. The number of hydrogen-bond donors (Lipinski definition) is 0. The van der Waals surface area contributed by atoms with Gasteiger partial charge in [-0.2, -0.15) is 0 Å². The number of rotatable bonds is 4. The maximum atomic E-state index is 12.1. The summed E-state index contributed by atoms with van der Waals surface area (Å²) in [7, 11) is 6.28. The van der Waals surface area contributed by atoms with Gasteiger partial charge in [-0.15, -0.1) is 0 Å². The highest BCUT2D eigenvalue weighted by molar-refractivity contribution is 5.89. The summed E-state index contributed by atoms with van der Waals surface area (Å²) >= 11 is 0. The van der Waals surface area contributed by atoms with Crippen molar-refractivity contribution in [1.82, 2.24) is 4.48 Å². The van der Waals surface area contributed by atoms with Crippen LogP contribution in [0.25, 0.3) is 17.0 Å². The van der Waals surface area contributed by atoms with Crippen molar-refractivity contribution in [3.05, 3.63) is 76.2 Å². The van der Waals surface area contributed by atoms with Crippen LogP contribution in [0.4, 0.5) is 5.69 Å². The van der Waals surface area contributed by atoms with Crippen molar-refractivity contribution in [3.8, 4) is 5.75 Å². The summed E-state index contributed by atoms with van der Waals surface area (Å²) in [5.74, 6) is -0.175. The third-order valence-corrected chi connectivity index (χ3v) is 4.22. The number of nitrogens with zero attached hydrogens (tertiary/aromatic N) is 1. The van der Waals surface area contributed by atoms with Gasteiger partial charge in [-0.3, -0.25) is 4.48 Å². The Kier molecular flexibility index (Phi) is 4.97. The monoisotopic (exact) mass is 364 g/mol. The molecule has 0 saturated heterocycles. The van der Waals surface area contributed by atoms with Gasteiger partial charge < -0.3 is 9.15 Å². The van der Waals surface area contributed by atoms with Crippen molar-refractivity contribution in [2.45, 2.75) is 6.92 Å². The molecule has 1 aromatic heterocycles. The molecule has 3 aromatic rings. The number of quaternary nitrogens is 1. The van der Waals surface area contributed by atoms with Crippen LogP contribution in [0.15, 0.2) is 63.8 Å². The van der Waals surface area contributed by atoms with Crippen LogP contribution in [0, 0.1) is 6.92 Å². The molecule has 0 fully saturated rings. The molecule has 0 N–H and O–H groups in total. The lowest BCUT2D eigenvalue weighted by atomic mass is 10.1. The molecule has 0 aliphatic carbocycles. The van der Waals surface area contributed by atoms with Gasteiger partial charge in [0, 0.05) is 23.6 Å². The zero-order valence-corrected chi connectivity index (χ0v) is 15.9. The number of carbonyl (C=O) groups excluding carboxylic acids is 1. The van der Waals surface area contributed by atoms with Gasteiger partial charge in [-0.25, -0.2) is 9.59 Å². The van der Waals surface area contributed by atoms with E-state index in [1.165, 1.54) is 17.8 Å². The van der Waals surface area contributed by atoms with Gasteiger partial charge in [0.2, 0.25) is 0 Å². The molecule has 0 atom stereocenters. The van der Waals surface area contributed by atoms with Crippen molar-refractivity contribution in [2.24, 2.45) is 0 Å². The Morgan fingerprint density at radius 1 is 1.04 bits per heavy atom. The molecular formula is C22H22NO4+. The topological polar surface area (TPSA) is 56.5 Å². The van der Waals surface area contributed by atoms with Crippen LogP contribution in [0.1, 0.15) is 11.1 Å². The van der Waals surface area contributed by atoms with Gasteiger partial charge >= 0.3 is 11.6 Å². The maximum absolute atomic E-state index is 12.1. The fourth-order valence-electron chi connectivity index (χ4n) is 2.72. The molecule has 0 aliphatic heterocycles. The third-order valence-electron chi connectivity index (χ3n) is 4.22. The number of fused-ring (bicyclic) bond motifs is 1. The highest BCUT2D eigenvalue weighted by atomic mass is 16.5. The second-order valence-electron chi connectivity index (χ2n) is 7.26. The number of ether oxygens (including phenoxy) is 1. The zero-order chi connectivity index (χ0) is 19.6. The van der Waals surface area contributed by atoms with E-state index in [4.69, 9.17) is 9.15 Å². The lowest BCUT2D eigenvalue weighted by Crippen LogP contribution is -2.34. The smallest absolute Gasteiger partial charge is 0.336 e. The van der Waals surface area contributed by atoms with Gasteiger partial charge in [0.05, 0.1) is 21.1 Å². The van der Waals surface area contributed by atoms with Crippen LogP contribution in [0.2, 0.25) is 0 Å². The zero-order valence-electron chi connectivity index (χ0n) is 15.9. The normalized spacial score (nSPS) is 11.9. The quantitative estimate of drug-likeness (QED) is 0.231. The second kappa shape index (κ2) is 7.21. The van der Waals surface area contributed by atoms with Gasteiger partial charge in [0.15, 0.2) is 0 Å². The highest BCUT2D eigenvalue weighted by Gasteiger charge is 2.11. The van der Waals surface area contributed by atoms with E-state index < -0.39 is 11.6 Å². The van der Waals surface area contributed by atoms with E-state index in [1.54, 1.807) is 24.3 Å². The van der Waals surface area contributed by atoms with Crippen molar-refractivity contribution in [2.75, 3.05) is 21.1 Å². The number of esters is 1. The van der Waals surface area contributed by atoms with Crippen LogP contribution in [-0.2, 0) is 4.79 Å². The molecule has 0 amide bonds. The van der Waals surface area contributed by atoms with E-state index in [1.807, 2.05) is 31.2 Å². The Labute approximate surface area is 157 Å². The number of hydrogen-bond acceptors (Lipinski definition) is 4.